The standard InChI is InChI=1S/C12H13N/c1-2-5-11-10(4-1)7-9-13-8-3-6-12(11)13/h1-6,12H,7-9H2. The van der Waals surface area contributed by atoms with Crippen LogP contribution in [0.4, 0.5) is 0 Å². The summed E-state index contributed by atoms with van der Waals surface area (Å²) in [6.45, 7) is 2.35. The minimum atomic E-state index is 0.574. The van der Waals surface area contributed by atoms with Crippen LogP contribution in [-0.2, 0) is 6.42 Å². The van der Waals surface area contributed by atoms with Gasteiger partial charge in [-0.05, 0) is 17.5 Å². The van der Waals surface area contributed by atoms with Crippen LogP contribution in [0.2, 0.25) is 0 Å². The van der Waals surface area contributed by atoms with E-state index in [1.807, 2.05) is 0 Å². The molecule has 13 heavy (non-hydrogen) atoms. The summed E-state index contributed by atoms with van der Waals surface area (Å²) in [7, 11) is 0. The molecule has 1 unspecified atom stereocenters. The molecule has 66 valence electrons. The highest BCUT2D eigenvalue weighted by Gasteiger charge is 2.26. The average molecular weight is 171 g/mol. The second-order valence-electron chi connectivity index (χ2n) is 3.82. The van der Waals surface area contributed by atoms with Gasteiger partial charge in [0.25, 0.3) is 0 Å². The van der Waals surface area contributed by atoms with Crippen molar-refractivity contribution in [2.45, 2.75) is 12.5 Å². The van der Waals surface area contributed by atoms with Gasteiger partial charge < -0.3 is 0 Å². The molecule has 2 aliphatic rings. The Morgan fingerprint density at radius 2 is 2.15 bits per heavy atom. The van der Waals surface area contributed by atoms with Crippen molar-refractivity contribution in [1.29, 1.82) is 0 Å². The number of benzene rings is 1. The molecule has 1 heteroatoms. The molecule has 1 aromatic carbocycles. The van der Waals surface area contributed by atoms with Crippen molar-refractivity contribution in [3.63, 3.8) is 0 Å². The Kier molecular flexibility index (Phi) is 1.53. The van der Waals surface area contributed by atoms with E-state index in [1.165, 1.54) is 24.1 Å². The van der Waals surface area contributed by atoms with E-state index in [4.69, 9.17) is 0 Å². The lowest BCUT2D eigenvalue weighted by atomic mass is 9.94. The maximum absolute atomic E-state index is 2.53. The monoisotopic (exact) mass is 171 g/mol. The van der Waals surface area contributed by atoms with Crippen LogP contribution in [0.25, 0.3) is 0 Å². The van der Waals surface area contributed by atoms with Crippen LogP contribution < -0.4 is 0 Å². The summed E-state index contributed by atoms with van der Waals surface area (Å²) in [5.41, 5.74) is 3.05. The van der Waals surface area contributed by atoms with Gasteiger partial charge in [0.15, 0.2) is 0 Å². The van der Waals surface area contributed by atoms with Crippen LogP contribution in [0.3, 0.4) is 0 Å². The van der Waals surface area contributed by atoms with Gasteiger partial charge in [-0.2, -0.15) is 0 Å². The third-order valence-electron chi connectivity index (χ3n) is 3.09. The summed E-state index contributed by atoms with van der Waals surface area (Å²) in [4.78, 5) is 2.53. The quantitative estimate of drug-likeness (QED) is 0.541. The van der Waals surface area contributed by atoms with Gasteiger partial charge in [0.05, 0.1) is 6.04 Å². The molecule has 0 amide bonds. The first kappa shape index (κ1) is 7.34. The van der Waals surface area contributed by atoms with Crippen LogP contribution in [0, 0.1) is 0 Å². The van der Waals surface area contributed by atoms with Gasteiger partial charge in [-0.1, -0.05) is 36.4 Å². The second-order valence-corrected chi connectivity index (χ2v) is 3.82. The lowest BCUT2D eigenvalue weighted by molar-refractivity contribution is 0.262. The summed E-state index contributed by atoms with van der Waals surface area (Å²) in [6, 6.07) is 9.40. The Hall–Kier alpha value is -1.08. The molecule has 1 atom stereocenters. The van der Waals surface area contributed by atoms with Crippen molar-refractivity contribution in [2.75, 3.05) is 13.1 Å². The minimum absolute atomic E-state index is 0.574. The molecular formula is C12H13N. The van der Waals surface area contributed by atoms with E-state index in [0.717, 1.165) is 6.54 Å². The largest absolute Gasteiger partial charge is 0.289 e. The Labute approximate surface area is 78.7 Å². The maximum Gasteiger partial charge on any atom is 0.0537 e. The first-order valence-electron chi connectivity index (χ1n) is 4.94. The van der Waals surface area contributed by atoms with E-state index in [-0.39, 0.29) is 0 Å². The van der Waals surface area contributed by atoms with E-state index < -0.39 is 0 Å². The smallest absolute Gasteiger partial charge is 0.0537 e. The highest BCUT2D eigenvalue weighted by atomic mass is 15.2. The van der Waals surface area contributed by atoms with Crippen molar-refractivity contribution in [3.05, 3.63) is 47.5 Å². The van der Waals surface area contributed by atoms with Crippen molar-refractivity contribution >= 4 is 0 Å². The summed E-state index contributed by atoms with van der Waals surface area (Å²) < 4.78 is 0. The minimum Gasteiger partial charge on any atom is -0.289 e. The summed E-state index contributed by atoms with van der Waals surface area (Å²) >= 11 is 0. The summed E-state index contributed by atoms with van der Waals surface area (Å²) in [5.74, 6) is 0. The first-order chi connectivity index (χ1) is 6.45. The third kappa shape index (κ3) is 1.04. The molecule has 0 radical (unpaired) electrons. The van der Waals surface area contributed by atoms with Crippen LogP contribution in [-0.4, -0.2) is 18.0 Å². The Morgan fingerprint density at radius 3 is 3.15 bits per heavy atom. The maximum atomic E-state index is 2.53. The molecule has 0 saturated heterocycles. The first-order valence-corrected chi connectivity index (χ1v) is 4.94. The van der Waals surface area contributed by atoms with Crippen LogP contribution in [0.5, 0.6) is 0 Å². The number of rotatable bonds is 0. The van der Waals surface area contributed by atoms with E-state index in [2.05, 4.69) is 41.3 Å². The number of hydrogen-bond acceptors (Lipinski definition) is 1. The molecule has 0 aromatic heterocycles. The van der Waals surface area contributed by atoms with Gasteiger partial charge in [-0.25, -0.2) is 0 Å². The van der Waals surface area contributed by atoms with Crippen LogP contribution in [0.1, 0.15) is 17.2 Å². The Bertz CT molecular complexity index is 354. The molecule has 2 aliphatic heterocycles. The van der Waals surface area contributed by atoms with Crippen LogP contribution in [0.15, 0.2) is 36.4 Å². The van der Waals surface area contributed by atoms with Gasteiger partial charge in [-0.3, -0.25) is 4.90 Å². The number of nitrogens with zero attached hydrogens (tertiary/aromatic N) is 1. The fourth-order valence-corrected chi connectivity index (χ4v) is 2.41. The van der Waals surface area contributed by atoms with Crippen LogP contribution >= 0.6 is 0 Å². The Morgan fingerprint density at radius 1 is 1.23 bits per heavy atom. The van der Waals surface area contributed by atoms with Gasteiger partial charge in [0.1, 0.15) is 0 Å². The second kappa shape index (κ2) is 2.71. The SMILES string of the molecule is C1=CC2c3ccccc3CCN2C1. The number of hydrogen-bond donors (Lipinski definition) is 0. The van der Waals surface area contributed by atoms with Crippen molar-refractivity contribution in [3.8, 4) is 0 Å². The van der Waals surface area contributed by atoms with E-state index in [0.29, 0.717) is 6.04 Å². The molecule has 3 rings (SSSR count). The van der Waals surface area contributed by atoms with Crippen molar-refractivity contribution in [2.24, 2.45) is 0 Å². The highest BCUT2D eigenvalue weighted by Crippen LogP contribution is 2.33. The Balaban J connectivity index is 2.10. The molecule has 0 N–H and O–H groups in total. The zero-order valence-electron chi connectivity index (χ0n) is 7.61. The fraction of sp³-hybridized carbons (Fsp3) is 0.333. The van der Waals surface area contributed by atoms with Gasteiger partial charge >= 0.3 is 0 Å². The molecule has 0 saturated carbocycles. The zero-order valence-corrected chi connectivity index (χ0v) is 7.61. The zero-order chi connectivity index (χ0) is 8.67. The lowest BCUT2D eigenvalue weighted by Crippen LogP contribution is -2.31. The molecule has 0 spiro atoms. The molecule has 2 heterocycles. The predicted molar refractivity (Wildman–Crippen MR) is 53.6 cm³/mol. The molecule has 0 fully saturated rings. The van der Waals surface area contributed by atoms with Crippen molar-refractivity contribution < 1.29 is 0 Å². The highest BCUT2D eigenvalue weighted by molar-refractivity contribution is 5.36. The molecule has 0 aliphatic carbocycles. The fourth-order valence-electron chi connectivity index (χ4n) is 2.41. The average Bonchev–Trinajstić information content (AvgIpc) is 2.65. The normalized spacial score (nSPS) is 25.7. The third-order valence-corrected chi connectivity index (χ3v) is 3.09. The van der Waals surface area contributed by atoms with E-state index >= 15 is 0 Å². The topological polar surface area (TPSA) is 3.24 Å². The van der Waals surface area contributed by atoms with Gasteiger partial charge in [-0.15, -0.1) is 0 Å². The van der Waals surface area contributed by atoms with Gasteiger partial charge in [0, 0.05) is 13.1 Å². The number of fused-ring (bicyclic) bond motifs is 3. The van der Waals surface area contributed by atoms with E-state index in [1.54, 1.807) is 0 Å². The molecule has 0 bridgehead atoms. The van der Waals surface area contributed by atoms with E-state index in [9.17, 15) is 0 Å². The molecule has 1 aromatic rings. The summed E-state index contributed by atoms with van der Waals surface area (Å²) in [6.07, 6.45) is 5.83. The summed E-state index contributed by atoms with van der Waals surface area (Å²) in [5, 5.41) is 0. The predicted octanol–water partition coefficient (Wildman–Crippen LogP) is 2.16. The van der Waals surface area contributed by atoms with Crippen molar-refractivity contribution in [1.82, 2.24) is 4.90 Å². The van der Waals surface area contributed by atoms with Gasteiger partial charge in [0.2, 0.25) is 0 Å². The molecule has 1 nitrogen and oxygen atoms in total. The molecular weight excluding hydrogens is 158 g/mol. The lowest BCUT2D eigenvalue weighted by Gasteiger charge is -2.31.